The van der Waals surface area contributed by atoms with Gasteiger partial charge in [0.25, 0.3) is 5.91 Å². The zero-order valence-electron chi connectivity index (χ0n) is 14.4. The quantitative estimate of drug-likeness (QED) is 0.764. The summed E-state index contributed by atoms with van der Waals surface area (Å²) in [6, 6.07) is 9.31. The maximum atomic E-state index is 12.8. The number of imide groups is 1. The molecule has 0 radical (unpaired) electrons. The van der Waals surface area contributed by atoms with E-state index in [1.165, 1.54) is 36.4 Å². The maximum absolute atomic E-state index is 12.8. The molecule has 0 bridgehead atoms. The smallest absolute Gasteiger partial charge is 0.416 e. The third kappa shape index (κ3) is 4.13. The SMILES string of the molecule is O=C(O)Cc1ccc(N2C(=O)CC(Nc3cccc(C(F)(F)F)c3)C2=O)cc1. The Labute approximate surface area is 157 Å². The van der Waals surface area contributed by atoms with Crippen LogP contribution in [0.5, 0.6) is 0 Å². The van der Waals surface area contributed by atoms with E-state index >= 15 is 0 Å². The number of nitrogens with one attached hydrogen (secondary N) is 1. The van der Waals surface area contributed by atoms with Crippen molar-refractivity contribution in [3.05, 3.63) is 59.7 Å². The lowest BCUT2D eigenvalue weighted by molar-refractivity contribution is -0.138. The summed E-state index contributed by atoms with van der Waals surface area (Å²) in [4.78, 5) is 36.5. The molecule has 0 saturated carbocycles. The zero-order chi connectivity index (χ0) is 20.5. The van der Waals surface area contributed by atoms with Gasteiger partial charge in [0.15, 0.2) is 0 Å². The summed E-state index contributed by atoms with van der Waals surface area (Å²) in [7, 11) is 0. The lowest BCUT2D eigenvalue weighted by atomic mass is 10.1. The number of carboxylic acid groups (broad SMARTS) is 1. The minimum atomic E-state index is -4.52. The average molecular weight is 392 g/mol. The molecule has 1 atom stereocenters. The van der Waals surface area contributed by atoms with Crippen LogP contribution in [0.15, 0.2) is 48.5 Å². The summed E-state index contributed by atoms with van der Waals surface area (Å²) in [6.07, 6.45) is -4.91. The fourth-order valence-corrected chi connectivity index (χ4v) is 2.94. The number of hydrogen-bond acceptors (Lipinski definition) is 4. The summed E-state index contributed by atoms with van der Waals surface area (Å²) in [6.45, 7) is 0. The summed E-state index contributed by atoms with van der Waals surface area (Å²) in [5.74, 6) is -2.10. The fourth-order valence-electron chi connectivity index (χ4n) is 2.94. The Balaban J connectivity index is 1.76. The van der Waals surface area contributed by atoms with E-state index in [2.05, 4.69) is 5.32 Å². The van der Waals surface area contributed by atoms with Gasteiger partial charge >= 0.3 is 12.1 Å². The van der Waals surface area contributed by atoms with Gasteiger partial charge in [-0.1, -0.05) is 18.2 Å². The third-order valence-electron chi connectivity index (χ3n) is 4.23. The van der Waals surface area contributed by atoms with E-state index in [1.807, 2.05) is 0 Å². The van der Waals surface area contributed by atoms with Crippen LogP contribution in [0.1, 0.15) is 17.5 Å². The predicted octanol–water partition coefficient (Wildman–Crippen LogP) is 3.08. The van der Waals surface area contributed by atoms with Gasteiger partial charge in [-0.05, 0) is 35.9 Å². The van der Waals surface area contributed by atoms with Crippen molar-refractivity contribution >= 4 is 29.2 Å². The van der Waals surface area contributed by atoms with Crippen LogP contribution in [0.25, 0.3) is 0 Å². The monoisotopic (exact) mass is 392 g/mol. The van der Waals surface area contributed by atoms with E-state index in [0.29, 0.717) is 5.56 Å². The number of anilines is 2. The average Bonchev–Trinajstić information content (AvgIpc) is 2.88. The van der Waals surface area contributed by atoms with Gasteiger partial charge in [0.1, 0.15) is 6.04 Å². The van der Waals surface area contributed by atoms with E-state index in [4.69, 9.17) is 5.11 Å². The second-order valence-electron chi connectivity index (χ2n) is 6.28. The lowest BCUT2D eigenvalue weighted by Gasteiger charge is -2.17. The molecule has 9 heteroatoms. The molecule has 1 unspecified atom stereocenters. The minimum absolute atomic E-state index is 0.0830. The number of carbonyl (C=O) groups is 3. The number of halogens is 3. The summed E-state index contributed by atoms with van der Waals surface area (Å²) in [5.41, 5.74) is 0.00578. The zero-order valence-corrected chi connectivity index (χ0v) is 14.4. The molecule has 0 spiro atoms. The number of hydrogen-bond donors (Lipinski definition) is 2. The molecule has 6 nitrogen and oxygen atoms in total. The highest BCUT2D eigenvalue weighted by atomic mass is 19.4. The summed E-state index contributed by atoms with van der Waals surface area (Å²) in [5, 5.41) is 11.5. The van der Waals surface area contributed by atoms with Crippen molar-refractivity contribution in [2.45, 2.75) is 25.1 Å². The molecule has 2 amide bonds. The molecule has 1 heterocycles. The number of aliphatic carboxylic acids is 1. The van der Waals surface area contributed by atoms with E-state index in [-0.39, 0.29) is 24.2 Å². The second kappa shape index (κ2) is 7.34. The first-order valence-electron chi connectivity index (χ1n) is 8.26. The standard InChI is InChI=1S/C19H15F3N2O4/c20-19(21,22)12-2-1-3-13(9-12)23-15-10-16(25)24(18(15)28)14-6-4-11(5-7-14)8-17(26)27/h1-7,9,15,23H,8,10H2,(H,26,27). The number of benzene rings is 2. The van der Waals surface area contributed by atoms with Crippen LogP contribution in [0.4, 0.5) is 24.5 Å². The van der Waals surface area contributed by atoms with Gasteiger partial charge in [-0.3, -0.25) is 14.4 Å². The number of alkyl halides is 3. The summed E-state index contributed by atoms with van der Waals surface area (Å²) < 4.78 is 38.5. The Bertz CT molecular complexity index is 926. The highest BCUT2D eigenvalue weighted by Crippen LogP contribution is 2.31. The molecule has 2 aromatic carbocycles. The van der Waals surface area contributed by atoms with Gasteiger partial charge in [-0.15, -0.1) is 0 Å². The van der Waals surface area contributed by atoms with Gasteiger partial charge in [0.05, 0.1) is 24.1 Å². The Kier molecular flexibility index (Phi) is 5.08. The maximum Gasteiger partial charge on any atom is 0.416 e. The van der Waals surface area contributed by atoms with Crippen LogP contribution in [0.2, 0.25) is 0 Å². The number of amides is 2. The Morgan fingerprint density at radius 3 is 2.43 bits per heavy atom. The molecule has 1 fully saturated rings. The van der Waals surface area contributed by atoms with Gasteiger partial charge in [-0.2, -0.15) is 13.2 Å². The second-order valence-corrected chi connectivity index (χ2v) is 6.28. The van der Waals surface area contributed by atoms with Gasteiger partial charge in [0, 0.05) is 5.69 Å². The van der Waals surface area contributed by atoms with Crippen LogP contribution in [0.3, 0.4) is 0 Å². The van der Waals surface area contributed by atoms with Crippen LogP contribution in [-0.4, -0.2) is 28.9 Å². The largest absolute Gasteiger partial charge is 0.481 e. The molecule has 3 rings (SSSR count). The van der Waals surface area contributed by atoms with Gasteiger partial charge < -0.3 is 10.4 Å². The van der Waals surface area contributed by atoms with E-state index < -0.39 is 35.6 Å². The molecule has 0 aromatic heterocycles. The molecular formula is C19H15F3N2O4. The third-order valence-corrected chi connectivity index (χ3v) is 4.23. The van der Waals surface area contributed by atoms with Crippen molar-refractivity contribution in [1.82, 2.24) is 0 Å². The van der Waals surface area contributed by atoms with Crippen molar-refractivity contribution in [2.24, 2.45) is 0 Å². The molecule has 1 aliphatic rings. The molecule has 1 aliphatic heterocycles. The lowest BCUT2D eigenvalue weighted by Crippen LogP contribution is -2.34. The van der Waals surface area contributed by atoms with Crippen molar-refractivity contribution in [2.75, 3.05) is 10.2 Å². The normalized spacial score (nSPS) is 17.1. The minimum Gasteiger partial charge on any atom is -0.481 e. The Hall–Kier alpha value is -3.36. The molecule has 2 aromatic rings. The van der Waals surface area contributed by atoms with Crippen molar-refractivity contribution in [3.63, 3.8) is 0 Å². The number of nitrogens with zero attached hydrogens (tertiary/aromatic N) is 1. The summed E-state index contributed by atoms with van der Waals surface area (Å²) >= 11 is 0. The van der Waals surface area contributed by atoms with E-state index in [1.54, 1.807) is 0 Å². The number of rotatable bonds is 5. The van der Waals surface area contributed by atoms with Crippen molar-refractivity contribution in [3.8, 4) is 0 Å². The Morgan fingerprint density at radius 1 is 1.14 bits per heavy atom. The van der Waals surface area contributed by atoms with Crippen molar-refractivity contribution < 1.29 is 32.7 Å². The fraction of sp³-hybridized carbons (Fsp3) is 0.211. The molecular weight excluding hydrogens is 377 g/mol. The highest BCUT2D eigenvalue weighted by molar-refractivity contribution is 6.23. The van der Waals surface area contributed by atoms with E-state index in [0.717, 1.165) is 17.0 Å². The van der Waals surface area contributed by atoms with Crippen LogP contribution in [0, 0.1) is 0 Å². The topological polar surface area (TPSA) is 86.7 Å². The first kappa shape index (κ1) is 19.4. The molecule has 1 saturated heterocycles. The van der Waals surface area contributed by atoms with Crippen LogP contribution in [-0.2, 0) is 27.0 Å². The molecule has 146 valence electrons. The Morgan fingerprint density at radius 2 is 1.82 bits per heavy atom. The molecule has 2 N–H and O–H groups in total. The predicted molar refractivity (Wildman–Crippen MR) is 93.7 cm³/mol. The molecule has 0 aliphatic carbocycles. The highest BCUT2D eigenvalue weighted by Gasteiger charge is 2.40. The first-order valence-corrected chi connectivity index (χ1v) is 8.26. The van der Waals surface area contributed by atoms with Gasteiger partial charge in [-0.25, -0.2) is 4.90 Å². The number of carboxylic acids is 1. The van der Waals surface area contributed by atoms with Crippen LogP contribution < -0.4 is 10.2 Å². The van der Waals surface area contributed by atoms with E-state index in [9.17, 15) is 27.6 Å². The van der Waals surface area contributed by atoms with Gasteiger partial charge in [0.2, 0.25) is 5.91 Å². The van der Waals surface area contributed by atoms with Crippen LogP contribution >= 0.6 is 0 Å². The van der Waals surface area contributed by atoms with Crippen molar-refractivity contribution in [1.29, 1.82) is 0 Å². The number of carbonyl (C=O) groups excluding carboxylic acids is 2. The molecule has 28 heavy (non-hydrogen) atoms. The first-order chi connectivity index (χ1) is 13.1.